The molecule has 2 nitrogen and oxygen atoms in total. The Hall–Kier alpha value is -1.46. The molecule has 0 spiro atoms. The Labute approximate surface area is 127 Å². The fourth-order valence-electron chi connectivity index (χ4n) is 1.61. The first-order valence-electron chi connectivity index (χ1n) is 5.65. The van der Waals surface area contributed by atoms with Crippen LogP contribution in [0.3, 0.4) is 0 Å². The molecule has 0 aliphatic heterocycles. The Morgan fingerprint density at radius 3 is 2.70 bits per heavy atom. The minimum absolute atomic E-state index is 0.0228. The molecule has 0 aliphatic rings. The van der Waals surface area contributed by atoms with E-state index in [2.05, 4.69) is 21.2 Å². The third-order valence-electron chi connectivity index (χ3n) is 2.63. The Morgan fingerprint density at radius 2 is 2.00 bits per heavy atom. The van der Waals surface area contributed by atoms with E-state index < -0.39 is 17.5 Å². The molecule has 0 fully saturated rings. The van der Waals surface area contributed by atoms with E-state index in [1.165, 1.54) is 30.3 Å². The summed E-state index contributed by atoms with van der Waals surface area (Å²) in [7, 11) is 0. The van der Waals surface area contributed by atoms with Gasteiger partial charge in [0.1, 0.15) is 11.6 Å². The molecule has 2 rings (SSSR count). The second-order valence-corrected chi connectivity index (χ2v) is 5.29. The van der Waals surface area contributed by atoms with Crippen LogP contribution in [0.5, 0.6) is 0 Å². The second-order valence-electron chi connectivity index (χ2n) is 4.03. The lowest BCUT2D eigenvalue weighted by Crippen LogP contribution is -2.24. The van der Waals surface area contributed by atoms with Crippen LogP contribution in [0, 0.1) is 11.6 Å². The first-order chi connectivity index (χ1) is 9.49. The van der Waals surface area contributed by atoms with Gasteiger partial charge in [-0.1, -0.05) is 23.7 Å². The molecule has 20 heavy (non-hydrogen) atoms. The number of rotatable bonds is 3. The third kappa shape index (κ3) is 3.35. The van der Waals surface area contributed by atoms with Crippen LogP contribution >= 0.6 is 27.5 Å². The molecule has 0 aliphatic carbocycles. The van der Waals surface area contributed by atoms with Crippen molar-refractivity contribution in [3.05, 3.63) is 68.7 Å². The van der Waals surface area contributed by atoms with E-state index in [1.807, 2.05) is 0 Å². The number of benzene rings is 2. The first-order valence-corrected chi connectivity index (χ1v) is 6.82. The van der Waals surface area contributed by atoms with Gasteiger partial charge >= 0.3 is 0 Å². The summed E-state index contributed by atoms with van der Waals surface area (Å²) in [5, 5.41) is 2.53. The summed E-state index contributed by atoms with van der Waals surface area (Å²) in [5.41, 5.74) is 0.563. The number of nitrogens with one attached hydrogen (secondary N) is 1. The van der Waals surface area contributed by atoms with Crippen molar-refractivity contribution in [1.29, 1.82) is 0 Å². The fraction of sp³-hybridized carbons (Fsp3) is 0.0714. The number of halogens is 4. The van der Waals surface area contributed by atoms with E-state index in [1.54, 1.807) is 6.07 Å². The summed E-state index contributed by atoms with van der Waals surface area (Å²) in [4.78, 5) is 11.9. The van der Waals surface area contributed by atoms with Crippen molar-refractivity contribution in [2.45, 2.75) is 6.54 Å². The number of amides is 1. The van der Waals surface area contributed by atoms with Crippen molar-refractivity contribution in [1.82, 2.24) is 5.32 Å². The Kier molecular flexibility index (Phi) is 4.73. The zero-order valence-corrected chi connectivity index (χ0v) is 12.4. The topological polar surface area (TPSA) is 29.1 Å². The van der Waals surface area contributed by atoms with E-state index in [9.17, 15) is 13.6 Å². The molecule has 1 N–H and O–H groups in total. The monoisotopic (exact) mass is 359 g/mol. The lowest BCUT2D eigenvalue weighted by Gasteiger charge is -2.07. The van der Waals surface area contributed by atoms with Gasteiger partial charge in [0, 0.05) is 6.54 Å². The number of carbonyl (C=O) groups is 1. The average molecular weight is 361 g/mol. The molecule has 104 valence electrons. The molecule has 0 saturated carbocycles. The fourth-order valence-corrected chi connectivity index (χ4v) is 2.18. The van der Waals surface area contributed by atoms with Crippen molar-refractivity contribution in [3.8, 4) is 0 Å². The highest BCUT2D eigenvalue weighted by molar-refractivity contribution is 9.10. The van der Waals surface area contributed by atoms with Gasteiger partial charge in [-0.15, -0.1) is 0 Å². The molecular formula is C14H9BrClF2NO. The molecule has 1 amide bonds. The molecule has 0 radical (unpaired) electrons. The van der Waals surface area contributed by atoms with Gasteiger partial charge in [-0.25, -0.2) is 8.78 Å². The van der Waals surface area contributed by atoms with E-state index in [0.29, 0.717) is 5.56 Å². The van der Waals surface area contributed by atoms with Gasteiger partial charge in [-0.3, -0.25) is 4.79 Å². The van der Waals surface area contributed by atoms with E-state index >= 15 is 0 Å². The highest BCUT2D eigenvalue weighted by Gasteiger charge is 2.13. The van der Waals surface area contributed by atoms with Gasteiger partial charge in [-0.05, 0) is 45.8 Å². The maximum atomic E-state index is 13.7. The normalized spacial score (nSPS) is 10.4. The largest absolute Gasteiger partial charge is 0.348 e. The Morgan fingerprint density at radius 1 is 1.25 bits per heavy atom. The molecule has 0 saturated heterocycles. The zero-order chi connectivity index (χ0) is 14.7. The lowest BCUT2D eigenvalue weighted by atomic mass is 10.2. The van der Waals surface area contributed by atoms with Crippen molar-refractivity contribution in [3.63, 3.8) is 0 Å². The van der Waals surface area contributed by atoms with Crippen molar-refractivity contribution >= 4 is 33.4 Å². The minimum atomic E-state index is -0.623. The summed E-state index contributed by atoms with van der Waals surface area (Å²) >= 11 is 8.65. The maximum absolute atomic E-state index is 13.7. The maximum Gasteiger partial charge on any atom is 0.254 e. The van der Waals surface area contributed by atoms with Crippen LogP contribution in [0.4, 0.5) is 8.78 Å². The summed E-state index contributed by atoms with van der Waals surface area (Å²) in [6.07, 6.45) is 0. The molecule has 0 unspecified atom stereocenters. The van der Waals surface area contributed by atoms with Crippen LogP contribution in [0.15, 0.2) is 40.9 Å². The lowest BCUT2D eigenvalue weighted by molar-refractivity contribution is 0.0946. The van der Waals surface area contributed by atoms with Gasteiger partial charge in [0.15, 0.2) is 0 Å². The van der Waals surface area contributed by atoms with Gasteiger partial charge in [-0.2, -0.15) is 0 Å². The smallest absolute Gasteiger partial charge is 0.254 e. The SMILES string of the molecule is O=C(NCc1ccc(F)c(Cl)c1)c1cccc(Br)c1F. The van der Waals surface area contributed by atoms with E-state index in [4.69, 9.17) is 11.6 Å². The predicted octanol–water partition coefficient (Wildman–Crippen LogP) is 4.31. The summed E-state index contributed by atoms with van der Waals surface area (Å²) in [6, 6.07) is 8.58. The molecule has 0 heterocycles. The molecule has 2 aromatic carbocycles. The van der Waals surface area contributed by atoms with Gasteiger partial charge in [0.05, 0.1) is 15.1 Å². The minimum Gasteiger partial charge on any atom is -0.348 e. The quantitative estimate of drug-likeness (QED) is 0.868. The number of carbonyl (C=O) groups excluding carboxylic acids is 1. The van der Waals surface area contributed by atoms with E-state index in [-0.39, 0.29) is 21.6 Å². The van der Waals surface area contributed by atoms with E-state index in [0.717, 1.165) is 0 Å². The van der Waals surface area contributed by atoms with Crippen LogP contribution in [0.2, 0.25) is 5.02 Å². The molecular weight excluding hydrogens is 352 g/mol. The van der Waals surface area contributed by atoms with Crippen molar-refractivity contribution in [2.24, 2.45) is 0 Å². The predicted molar refractivity (Wildman–Crippen MR) is 76.7 cm³/mol. The standard InChI is InChI=1S/C14H9BrClF2NO/c15-10-3-1-2-9(13(10)18)14(20)19-7-8-4-5-12(17)11(16)6-8/h1-6H,7H2,(H,19,20). The average Bonchev–Trinajstić information content (AvgIpc) is 2.43. The van der Waals surface area contributed by atoms with Crippen LogP contribution in [-0.4, -0.2) is 5.91 Å². The first kappa shape index (κ1) is 14.9. The Balaban J connectivity index is 2.08. The highest BCUT2D eigenvalue weighted by Crippen LogP contribution is 2.19. The van der Waals surface area contributed by atoms with Crippen LogP contribution in [-0.2, 0) is 6.54 Å². The molecule has 0 aromatic heterocycles. The van der Waals surface area contributed by atoms with Crippen LogP contribution in [0.1, 0.15) is 15.9 Å². The summed E-state index contributed by atoms with van der Waals surface area (Å²) in [6.45, 7) is 0.130. The van der Waals surface area contributed by atoms with Gasteiger partial charge in [0.2, 0.25) is 0 Å². The number of hydrogen-bond acceptors (Lipinski definition) is 1. The van der Waals surface area contributed by atoms with Crippen molar-refractivity contribution < 1.29 is 13.6 Å². The molecule has 0 bridgehead atoms. The second kappa shape index (κ2) is 6.33. The zero-order valence-electron chi connectivity index (χ0n) is 10.1. The van der Waals surface area contributed by atoms with Crippen LogP contribution < -0.4 is 5.32 Å². The third-order valence-corrected chi connectivity index (χ3v) is 3.54. The summed E-state index contributed by atoms with van der Waals surface area (Å²) in [5.74, 6) is -1.70. The Bertz CT molecular complexity index is 664. The van der Waals surface area contributed by atoms with Crippen LogP contribution in [0.25, 0.3) is 0 Å². The van der Waals surface area contributed by atoms with Gasteiger partial charge < -0.3 is 5.32 Å². The summed E-state index contributed by atoms with van der Waals surface area (Å²) < 4.78 is 26.9. The molecule has 0 atom stereocenters. The van der Waals surface area contributed by atoms with Gasteiger partial charge in [0.25, 0.3) is 5.91 Å². The molecule has 6 heteroatoms. The highest BCUT2D eigenvalue weighted by atomic mass is 79.9. The molecule has 2 aromatic rings. The number of hydrogen-bond donors (Lipinski definition) is 1. The van der Waals surface area contributed by atoms with Crippen molar-refractivity contribution in [2.75, 3.05) is 0 Å².